The highest BCUT2D eigenvalue weighted by Gasteiger charge is 2.20. The smallest absolute Gasteiger partial charge is 0.305 e. The van der Waals surface area contributed by atoms with Crippen molar-refractivity contribution in [3.05, 3.63) is 95.3 Å². The molecule has 1 atom stereocenters. The Morgan fingerprint density at radius 2 is 1.86 bits per heavy atom. The van der Waals surface area contributed by atoms with Gasteiger partial charge in [-0.15, -0.1) is 0 Å². The summed E-state index contributed by atoms with van der Waals surface area (Å²) >= 11 is 5.89. The molecule has 3 aromatic carbocycles. The van der Waals surface area contributed by atoms with Crippen molar-refractivity contribution >= 4 is 45.9 Å². The van der Waals surface area contributed by atoms with Gasteiger partial charge in [-0.1, -0.05) is 59.2 Å². The summed E-state index contributed by atoms with van der Waals surface area (Å²) in [6.07, 6.45) is 1.54. The average Bonchev–Trinajstić information content (AvgIpc) is 3.26. The number of amides is 1. The number of carboxylic acids is 1. The van der Waals surface area contributed by atoms with Crippen molar-refractivity contribution in [3.8, 4) is 0 Å². The van der Waals surface area contributed by atoms with Gasteiger partial charge < -0.3 is 19.8 Å². The first kappa shape index (κ1) is 24.0. The number of aromatic nitrogens is 2. The summed E-state index contributed by atoms with van der Waals surface area (Å²) < 4.78 is 1.84. The standard InChI is InChI=1S/C26H23ClN4O4/c1-17(18-7-9-20(27)10-8-18)30-35-15-25(32)29-21-11-12-23-22(13-21)28-16-31(23)24(14-26(33)34)19-5-3-2-4-6-19/h2-13,16,24H,14-15H2,1H3,(H,29,32)(H,33,34)/b30-17-. The first-order chi connectivity index (χ1) is 16.9. The third-order valence-corrected chi connectivity index (χ3v) is 5.66. The number of hydrogen-bond donors (Lipinski definition) is 2. The van der Waals surface area contributed by atoms with Crippen LogP contribution >= 0.6 is 11.6 Å². The van der Waals surface area contributed by atoms with Gasteiger partial charge in [0.2, 0.25) is 0 Å². The van der Waals surface area contributed by atoms with Crippen molar-refractivity contribution in [1.29, 1.82) is 0 Å². The monoisotopic (exact) mass is 490 g/mol. The molecule has 35 heavy (non-hydrogen) atoms. The van der Waals surface area contributed by atoms with Gasteiger partial charge in [0.25, 0.3) is 5.91 Å². The maximum Gasteiger partial charge on any atom is 0.305 e. The molecular weight excluding hydrogens is 468 g/mol. The number of fused-ring (bicyclic) bond motifs is 1. The molecule has 1 amide bonds. The first-order valence-corrected chi connectivity index (χ1v) is 11.2. The summed E-state index contributed by atoms with van der Waals surface area (Å²) in [6, 6.07) is 21.4. The lowest BCUT2D eigenvalue weighted by Gasteiger charge is -2.18. The van der Waals surface area contributed by atoms with Crippen LogP contribution < -0.4 is 5.32 Å². The fourth-order valence-electron chi connectivity index (χ4n) is 3.70. The maximum atomic E-state index is 12.3. The highest BCUT2D eigenvalue weighted by molar-refractivity contribution is 6.30. The van der Waals surface area contributed by atoms with E-state index < -0.39 is 12.0 Å². The van der Waals surface area contributed by atoms with E-state index in [4.69, 9.17) is 16.4 Å². The van der Waals surface area contributed by atoms with E-state index in [0.29, 0.717) is 21.9 Å². The van der Waals surface area contributed by atoms with Gasteiger partial charge >= 0.3 is 5.97 Å². The molecule has 4 rings (SSSR count). The van der Waals surface area contributed by atoms with E-state index in [2.05, 4.69) is 15.5 Å². The van der Waals surface area contributed by atoms with Gasteiger partial charge in [0.05, 0.1) is 35.5 Å². The molecule has 0 saturated carbocycles. The van der Waals surface area contributed by atoms with Crippen LogP contribution in [0.1, 0.15) is 30.5 Å². The zero-order valence-electron chi connectivity index (χ0n) is 18.9. The van der Waals surface area contributed by atoms with Crippen LogP contribution in [0, 0.1) is 0 Å². The summed E-state index contributed by atoms with van der Waals surface area (Å²) in [5.41, 5.74) is 4.27. The van der Waals surface area contributed by atoms with Gasteiger partial charge in [0.1, 0.15) is 0 Å². The summed E-state index contributed by atoms with van der Waals surface area (Å²) in [7, 11) is 0. The number of nitrogens with one attached hydrogen (secondary N) is 1. The van der Waals surface area contributed by atoms with E-state index in [0.717, 1.165) is 16.6 Å². The van der Waals surface area contributed by atoms with Crippen molar-refractivity contribution in [2.75, 3.05) is 11.9 Å². The molecule has 1 aromatic heterocycles. The molecule has 2 N–H and O–H groups in total. The molecule has 1 unspecified atom stereocenters. The SMILES string of the molecule is C/C(=N/OCC(=O)Nc1ccc2c(c1)ncn2C(CC(=O)O)c1ccccc1)c1ccc(Cl)cc1. The first-order valence-electron chi connectivity index (χ1n) is 10.9. The lowest BCUT2D eigenvalue weighted by Crippen LogP contribution is -2.17. The Morgan fingerprint density at radius 1 is 1.11 bits per heavy atom. The lowest BCUT2D eigenvalue weighted by molar-refractivity contribution is -0.137. The molecule has 0 aliphatic heterocycles. The number of benzene rings is 3. The number of rotatable bonds is 9. The van der Waals surface area contributed by atoms with Crippen LogP contribution in [0.5, 0.6) is 0 Å². The highest BCUT2D eigenvalue weighted by Crippen LogP contribution is 2.28. The quantitative estimate of drug-likeness (QED) is 0.250. The molecule has 0 aliphatic rings. The number of carboxylic acid groups (broad SMARTS) is 1. The van der Waals surface area contributed by atoms with Crippen molar-refractivity contribution < 1.29 is 19.5 Å². The fraction of sp³-hybridized carbons (Fsp3) is 0.154. The number of anilines is 1. The van der Waals surface area contributed by atoms with Crippen LogP contribution in [0.25, 0.3) is 11.0 Å². The molecule has 0 bridgehead atoms. The van der Waals surface area contributed by atoms with Crippen LogP contribution in [-0.4, -0.2) is 38.9 Å². The second-order valence-electron chi connectivity index (χ2n) is 7.88. The molecule has 9 heteroatoms. The van der Waals surface area contributed by atoms with Crippen molar-refractivity contribution in [1.82, 2.24) is 9.55 Å². The Balaban J connectivity index is 1.44. The number of carbonyl (C=O) groups excluding carboxylic acids is 1. The predicted molar refractivity (Wildman–Crippen MR) is 135 cm³/mol. The summed E-state index contributed by atoms with van der Waals surface area (Å²) in [4.78, 5) is 33.4. The zero-order chi connectivity index (χ0) is 24.8. The minimum Gasteiger partial charge on any atom is -0.481 e. The molecule has 0 radical (unpaired) electrons. The van der Waals surface area contributed by atoms with Gasteiger partial charge in [-0.25, -0.2) is 4.98 Å². The molecule has 1 heterocycles. The third kappa shape index (κ3) is 6.04. The Hall–Kier alpha value is -4.17. The summed E-state index contributed by atoms with van der Waals surface area (Å²) in [5, 5.41) is 16.8. The molecule has 4 aromatic rings. The average molecular weight is 491 g/mol. The van der Waals surface area contributed by atoms with Crippen LogP contribution in [0.2, 0.25) is 5.02 Å². The van der Waals surface area contributed by atoms with Crippen LogP contribution in [0.3, 0.4) is 0 Å². The van der Waals surface area contributed by atoms with E-state index in [9.17, 15) is 14.7 Å². The Bertz CT molecular complexity index is 1370. The predicted octanol–water partition coefficient (Wildman–Crippen LogP) is 5.13. The van der Waals surface area contributed by atoms with Gasteiger partial charge in [0, 0.05) is 10.7 Å². The second kappa shape index (κ2) is 10.8. The number of oxime groups is 1. The molecule has 8 nitrogen and oxygen atoms in total. The number of halogens is 1. The Morgan fingerprint density at radius 3 is 2.57 bits per heavy atom. The van der Waals surface area contributed by atoms with Gasteiger partial charge in [-0.3, -0.25) is 9.59 Å². The topological polar surface area (TPSA) is 106 Å². The summed E-state index contributed by atoms with van der Waals surface area (Å²) in [6.45, 7) is 1.52. The normalized spacial score (nSPS) is 12.3. The summed E-state index contributed by atoms with van der Waals surface area (Å²) in [5.74, 6) is -1.27. The Labute approximate surface area is 206 Å². The van der Waals surface area contributed by atoms with E-state index in [1.807, 2.05) is 47.0 Å². The lowest BCUT2D eigenvalue weighted by atomic mass is 10.0. The maximum absolute atomic E-state index is 12.3. The molecule has 0 aliphatic carbocycles. The van der Waals surface area contributed by atoms with Gasteiger partial charge in [-0.2, -0.15) is 0 Å². The van der Waals surface area contributed by atoms with Crippen molar-refractivity contribution in [3.63, 3.8) is 0 Å². The highest BCUT2D eigenvalue weighted by atomic mass is 35.5. The number of imidazole rings is 1. The second-order valence-corrected chi connectivity index (χ2v) is 8.32. The van der Waals surface area contributed by atoms with E-state index >= 15 is 0 Å². The number of nitrogens with zero attached hydrogens (tertiary/aromatic N) is 3. The van der Waals surface area contributed by atoms with Crippen molar-refractivity contribution in [2.45, 2.75) is 19.4 Å². The molecular formula is C26H23ClN4O4. The minimum absolute atomic E-state index is 0.0821. The van der Waals surface area contributed by atoms with Crippen LogP contribution in [0.4, 0.5) is 5.69 Å². The fourth-order valence-corrected chi connectivity index (χ4v) is 3.83. The number of hydrogen-bond acceptors (Lipinski definition) is 5. The van der Waals surface area contributed by atoms with Crippen LogP contribution in [0.15, 0.2) is 84.3 Å². The van der Waals surface area contributed by atoms with Gasteiger partial charge in [-0.05, 0) is 48.4 Å². The molecule has 0 fully saturated rings. The number of aliphatic carboxylic acids is 1. The third-order valence-electron chi connectivity index (χ3n) is 5.41. The van der Waals surface area contributed by atoms with Gasteiger partial charge in [0.15, 0.2) is 6.61 Å². The van der Waals surface area contributed by atoms with E-state index in [1.54, 1.807) is 43.6 Å². The van der Waals surface area contributed by atoms with E-state index in [-0.39, 0.29) is 18.9 Å². The van der Waals surface area contributed by atoms with Crippen LogP contribution in [-0.2, 0) is 14.4 Å². The Kier molecular flexibility index (Phi) is 7.42. The molecule has 0 spiro atoms. The molecule has 178 valence electrons. The van der Waals surface area contributed by atoms with Crippen molar-refractivity contribution in [2.24, 2.45) is 5.16 Å². The number of carbonyl (C=O) groups is 2. The zero-order valence-corrected chi connectivity index (χ0v) is 19.6. The minimum atomic E-state index is -0.904. The molecule has 0 saturated heterocycles. The largest absolute Gasteiger partial charge is 0.481 e. The van der Waals surface area contributed by atoms with E-state index in [1.165, 1.54) is 0 Å².